The van der Waals surface area contributed by atoms with Gasteiger partial charge in [0.05, 0.1) is 0 Å². The van der Waals surface area contributed by atoms with Crippen molar-refractivity contribution in [3.63, 3.8) is 0 Å². The quantitative estimate of drug-likeness (QED) is 0.505. The Morgan fingerprint density at radius 3 is 3.11 bits per heavy atom. The summed E-state index contributed by atoms with van der Waals surface area (Å²) in [4.78, 5) is 10.9. The van der Waals surface area contributed by atoms with Gasteiger partial charge in [-0.2, -0.15) is 0 Å². The largest absolute Gasteiger partial charge is 0.313 e. The summed E-state index contributed by atoms with van der Waals surface area (Å²) in [6, 6.07) is 0.538. The van der Waals surface area contributed by atoms with E-state index in [0.29, 0.717) is 17.7 Å². The molecule has 0 aromatic rings. The third-order valence-electron chi connectivity index (χ3n) is 2.30. The van der Waals surface area contributed by atoms with Crippen LogP contribution < -0.4 is 5.32 Å². The zero-order valence-electron chi connectivity index (χ0n) is 5.39. The van der Waals surface area contributed by atoms with Crippen molar-refractivity contribution >= 4 is 5.78 Å². The van der Waals surface area contributed by atoms with Crippen LogP contribution in [0.5, 0.6) is 0 Å². The molecule has 1 saturated heterocycles. The normalized spacial score (nSPS) is 41.6. The van der Waals surface area contributed by atoms with Gasteiger partial charge in [-0.05, 0) is 18.9 Å². The predicted octanol–water partition coefficient (Wildman–Crippen LogP) is 0.327. The minimum Gasteiger partial charge on any atom is -0.313 e. The molecule has 0 aromatic heterocycles. The van der Waals surface area contributed by atoms with Crippen molar-refractivity contribution in [1.29, 1.82) is 0 Å². The molecule has 0 aromatic carbocycles. The van der Waals surface area contributed by atoms with Gasteiger partial charge in [0.25, 0.3) is 0 Å². The lowest BCUT2D eigenvalue weighted by Gasteiger charge is -2.14. The van der Waals surface area contributed by atoms with Crippen LogP contribution in [0.4, 0.5) is 0 Å². The van der Waals surface area contributed by atoms with Gasteiger partial charge >= 0.3 is 0 Å². The number of carbonyl (C=O) groups is 1. The van der Waals surface area contributed by atoms with Crippen molar-refractivity contribution in [3.05, 3.63) is 0 Å². The van der Waals surface area contributed by atoms with Gasteiger partial charge in [0.2, 0.25) is 0 Å². The van der Waals surface area contributed by atoms with Crippen molar-refractivity contribution in [2.75, 3.05) is 6.54 Å². The Morgan fingerprint density at radius 1 is 1.44 bits per heavy atom. The summed E-state index contributed by atoms with van der Waals surface area (Å²) in [6.45, 7) is 1.08. The van der Waals surface area contributed by atoms with Crippen LogP contribution in [0.2, 0.25) is 0 Å². The lowest BCUT2D eigenvalue weighted by Crippen LogP contribution is -2.24. The first-order valence-electron chi connectivity index (χ1n) is 3.59. The molecule has 1 N–H and O–H groups in total. The Balaban J connectivity index is 2.11. The topological polar surface area (TPSA) is 29.1 Å². The van der Waals surface area contributed by atoms with Gasteiger partial charge in [-0.3, -0.25) is 4.79 Å². The van der Waals surface area contributed by atoms with Gasteiger partial charge in [-0.15, -0.1) is 0 Å². The van der Waals surface area contributed by atoms with E-state index in [2.05, 4.69) is 5.32 Å². The maximum absolute atomic E-state index is 10.9. The fourth-order valence-electron chi connectivity index (χ4n) is 1.89. The molecule has 2 atom stereocenters. The summed E-state index contributed by atoms with van der Waals surface area (Å²) < 4.78 is 0. The summed E-state index contributed by atoms with van der Waals surface area (Å²) in [5.74, 6) is 1.14. The number of fused-ring (bicyclic) bond motifs is 2. The monoisotopic (exact) mass is 125 g/mol. The van der Waals surface area contributed by atoms with E-state index in [4.69, 9.17) is 0 Å². The Bertz CT molecular complexity index is 130. The van der Waals surface area contributed by atoms with E-state index in [0.717, 1.165) is 19.4 Å². The number of hydrogen-bond acceptors (Lipinski definition) is 2. The van der Waals surface area contributed by atoms with Crippen LogP contribution in [0.3, 0.4) is 0 Å². The SMILES string of the molecule is O=C1CC2CNC(C1)C2. The van der Waals surface area contributed by atoms with E-state index in [-0.39, 0.29) is 0 Å². The predicted molar refractivity (Wildman–Crippen MR) is 34.1 cm³/mol. The van der Waals surface area contributed by atoms with E-state index in [9.17, 15) is 4.79 Å². The molecule has 2 nitrogen and oxygen atoms in total. The molecular weight excluding hydrogens is 114 g/mol. The number of rotatable bonds is 0. The second-order valence-corrected chi connectivity index (χ2v) is 3.15. The molecule has 0 spiro atoms. The lowest BCUT2D eigenvalue weighted by molar-refractivity contribution is -0.121. The third-order valence-corrected chi connectivity index (χ3v) is 2.30. The highest BCUT2D eigenvalue weighted by Crippen LogP contribution is 2.26. The lowest BCUT2D eigenvalue weighted by atomic mass is 9.90. The highest BCUT2D eigenvalue weighted by Gasteiger charge is 2.32. The molecule has 2 heteroatoms. The molecule has 1 saturated carbocycles. The first-order valence-corrected chi connectivity index (χ1v) is 3.59. The average molecular weight is 125 g/mol. The van der Waals surface area contributed by atoms with Crippen molar-refractivity contribution < 1.29 is 4.79 Å². The highest BCUT2D eigenvalue weighted by molar-refractivity contribution is 5.80. The van der Waals surface area contributed by atoms with Crippen molar-refractivity contribution in [2.24, 2.45) is 5.92 Å². The summed E-state index contributed by atoms with van der Waals surface area (Å²) in [5, 5.41) is 3.33. The summed E-state index contributed by atoms with van der Waals surface area (Å²) in [6.07, 6.45) is 2.87. The van der Waals surface area contributed by atoms with Crippen molar-refractivity contribution in [2.45, 2.75) is 25.3 Å². The van der Waals surface area contributed by atoms with E-state index in [1.165, 1.54) is 6.42 Å². The molecule has 0 amide bonds. The van der Waals surface area contributed by atoms with Gasteiger partial charge < -0.3 is 5.32 Å². The van der Waals surface area contributed by atoms with Crippen LogP contribution in [0, 0.1) is 5.92 Å². The molecule has 2 rings (SSSR count). The maximum atomic E-state index is 10.9. The van der Waals surface area contributed by atoms with Gasteiger partial charge in [0, 0.05) is 18.9 Å². The summed E-state index contributed by atoms with van der Waals surface area (Å²) in [7, 11) is 0. The fraction of sp³-hybridized carbons (Fsp3) is 0.857. The number of ketones is 1. The molecule has 2 aliphatic rings. The average Bonchev–Trinajstić information content (AvgIpc) is 2.11. The third kappa shape index (κ3) is 0.874. The van der Waals surface area contributed by atoms with Crippen LogP contribution in [0.15, 0.2) is 0 Å². The van der Waals surface area contributed by atoms with Gasteiger partial charge in [-0.1, -0.05) is 0 Å². The Hall–Kier alpha value is -0.370. The zero-order valence-corrected chi connectivity index (χ0v) is 5.39. The minimum atomic E-state index is 0.459. The molecular formula is C7H11NO. The fourth-order valence-corrected chi connectivity index (χ4v) is 1.89. The van der Waals surface area contributed by atoms with Crippen LogP contribution in [-0.4, -0.2) is 18.4 Å². The first-order chi connectivity index (χ1) is 4.34. The standard InChI is InChI=1S/C7H11NO/c9-7-2-5-1-6(3-7)8-4-5/h5-6,8H,1-4H2. The summed E-state index contributed by atoms with van der Waals surface area (Å²) in [5.41, 5.74) is 0. The number of Topliss-reactive ketones (excluding diaryl/α,β-unsaturated/α-hetero) is 1. The van der Waals surface area contributed by atoms with E-state index in [1.54, 1.807) is 0 Å². The van der Waals surface area contributed by atoms with Crippen molar-refractivity contribution in [1.82, 2.24) is 5.32 Å². The molecule has 50 valence electrons. The Morgan fingerprint density at radius 2 is 2.33 bits per heavy atom. The Labute approximate surface area is 54.6 Å². The smallest absolute Gasteiger partial charge is 0.134 e. The molecule has 0 radical (unpaired) electrons. The molecule has 2 fully saturated rings. The van der Waals surface area contributed by atoms with Gasteiger partial charge in [0.15, 0.2) is 0 Å². The number of carbonyl (C=O) groups excluding carboxylic acids is 1. The van der Waals surface area contributed by atoms with Crippen molar-refractivity contribution in [3.8, 4) is 0 Å². The second kappa shape index (κ2) is 1.81. The molecule has 2 unspecified atom stereocenters. The second-order valence-electron chi connectivity index (χ2n) is 3.15. The summed E-state index contributed by atoms with van der Waals surface area (Å²) >= 11 is 0. The molecule has 1 aliphatic carbocycles. The van der Waals surface area contributed by atoms with E-state index >= 15 is 0 Å². The van der Waals surface area contributed by atoms with Gasteiger partial charge in [-0.25, -0.2) is 0 Å². The highest BCUT2D eigenvalue weighted by atomic mass is 16.1. The van der Waals surface area contributed by atoms with Crippen LogP contribution in [0.25, 0.3) is 0 Å². The maximum Gasteiger partial charge on any atom is 0.134 e. The first kappa shape index (κ1) is 5.42. The molecule has 1 aliphatic heterocycles. The minimum absolute atomic E-state index is 0.459. The van der Waals surface area contributed by atoms with Crippen LogP contribution in [0.1, 0.15) is 19.3 Å². The molecule has 1 heterocycles. The molecule has 9 heavy (non-hydrogen) atoms. The zero-order chi connectivity index (χ0) is 6.27. The van der Waals surface area contributed by atoms with Crippen LogP contribution >= 0.6 is 0 Å². The van der Waals surface area contributed by atoms with E-state index < -0.39 is 0 Å². The number of hydrogen-bond donors (Lipinski definition) is 1. The van der Waals surface area contributed by atoms with Crippen LogP contribution in [-0.2, 0) is 4.79 Å². The number of nitrogens with one attached hydrogen (secondary N) is 1. The van der Waals surface area contributed by atoms with Gasteiger partial charge in [0.1, 0.15) is 5.78 Å². The van der Waals surface area contributed by atoms with E-state index in [1.807, 2.05) is 0 Å². The Kier molecular flexibility index (Phi) is 1.09. The molecule has 2 bridgehead atoms.